The highest BCUT2D eigenvalue weighted by molar-refractivity contribution is 5.67. The fourth-order valence-electron chi connectivity index (χ4n) is 3.37. The summed E-state index contributed by atoms with van der Waals surface area (Å²) in [5.41, 5.74) is 0. The second kappa shape index (κ2) is 4.42. The molecule has 86 valence electrons. The van der Waals surface area contributed by atoms with E-state index in [4.69, 9.17) is 4.74 Å². The van der Waals surface area contributed by atoms with Crippen LogP contribution >= 0.6 is 0 Å². The van der Waals surface area contributed by atoms with Gasteiger partial charge in [0.2, 0.25) is 0 Å². The Labute approximate surface area is 91.6 Å². The maximum atomic E-state index is 11.3. The first kappa shape index (κ1) is 10.8. The molecule has 15 heavy (non-hydrogen) atoms. The number of hydrogen-bond acceptors (Lipinski definition) is 2. The van der Waals surface area contributed by atoms with E-state index >= 15 is 0 Å². The molecule has 2 fully saturated rings. The van der Waals surface area contributed by atoms with Gasteiger partial charge in [-0.25, -0.2) is 4.79 Å². The minimum Gasteiger partial charge on any atom is -0.450 e. The van der Waals surface area contributed by atoms with Gasteiger partial charge in [-0.2, -0.15) is 0 Å². The fourth-order valence-corrected chi connectivity index (χ4v) is 3.37. The van der Waals surface area contributed by atoms with Crippen molar-refractivity contribution < 1.29 is 9.53 Å². The van der Waals surface area contributed by atoms with Crippen LogP contribution in [0, 0.1) is 17.8 Å². The van der Waals surface area contributed by atoms with E-state index in [1.165, 1.54) is 25.7 Å². The molecule has 2 aliphatic rings. The van der Waals surface area contributed by atoms with Gasteiger partial charge in [-0.3, -0.25) is 0 Å². The van der Waals surface area contributed by atoms with Crippen molar-refractivity contribution in [1.82, 2.24) is 5.32 Å². The third-order valence-electron chi connectivity index (χ3n) is 4.06. The van der Waals surface area contributed by atoms with E-state index in [0.29, 0.717) is 12.5 Å². The molecule has 2 rings (SSSR count). The van der Waals surface area contributed by atoms with Crippen LogP contribution in [0.3, 0.4) is 0 Å². The van der Waals surface area contributed by atoms with Crippen molar-refractivity contribution in [1.29, 1.82) is 0 Å². The van der Waals surface area contributed by atoms with Gasteiger partial charge in [0, 0.05) is 6.04 Å². The summed E-state index contributed by atoms with van der Waals surface area (Å²) in [7, 11) is 0. The van der Waals surface area contributed by atoms with Gasteiger partial charge in [0.15, 0.2) is 0 Å². The van der Waals surface area contributed by atoms with Crippen molar-refractivity contribution in [3.8, 4) is 0 Å². The van der Waals surface area contributed by atoms with Crippen molar-refractivity contribution in [3.63, 3.8) is 0 Å². The molecule has 2 bridgehead atoms. The molecule has 2 saturated carbocycles. The van der Waals surface area contributed by atoms with Crippen LogP contribution in [-0.4, -0.2) is 18.7 Å². The summed E-state index contributed by atoms with van der Waals surface area (Å²) in [5.74, 6) is 2.48. The van der Waals surface area contributed by atoms with Crippen molar-refractivity contribution in [2.75, 3.05) is 6.61 Å². The molecular formula is C12H21NO2. The van der Waals surface area contributed by atoms with Gasteiger partial charge in [0.1, 0.15) is 0 Å². The number of hydrogen-bond donors (Lipinski definition) is 1. The third kappa shape index (κ3) is 2.27. The number of carbonyl (C=O) groups is 1. The Morgan fingerprint density at radius 1 is 1.47 bits per heavy atom. The molecule has 0 heterocycles. The van der Waals surface area contributed by atoms with Crippen molar-refractivity contribution in [2.45, 2.75) is 45.6 Å². The molecule has 0 aromatic carbocycles. The van der Waals surface area contributed by atoms with E-state index in [1.807, 2.05) is 6.92 Å². The van der Waals surface area contributed by atoms with E-state index < -0.39 is 0 Å². The number of carbonyl (C=O) groups excluding carboxylic acids is 1. The molecule has 0 radical (unpaired) electrons. The van der Waals surface area contributed by atoms with Crippen LogP contribution in [0.4, 0.5) is 4.79 Å². The van der Waals surface area contributed by atoms with E-state index in [9.17, 15) is 4.79 Å². The van der Waals surface area contributed by atoms with Gasteiger partial charge in [-0.05, 0) is 50.9 Å². The molecule has 1 amide bonds. The summed E-state index contributed by atoms with van der Waals surface area (Å²) in [4.78, 5) is 11.3. The predicted molar refractivity (Wildman–Crippen MR) is 58.6 cm³/mol. The molecule has 1 N–H and O–H groups in total. The average molecular weight is 211 g/mol. The van der Waals surface area contributed by atoms with Crippen LogP contribution in [0.25, 0.3) is 0 Å². The lowest BCUT2D eigenvalue weighted by Gasteiger charge is -2.28. The highest BCUT2D eigenvalue weighted by Gasteiger charge is 2.42. The smallest absolute Gasteiger partial charge is 0.407 e. The summed E-state index contributed by atoms with van der Waals surface area (Å²) in [5, 5.41) is 2.95. The Hall–Kier alpha value is -0.730. The third-order valence-corrected chi connectivity index (χ3v) is 4.06. The summed E-state index contributed by atoms with van der Waals surface area (Å²) >= 11 is 0. The molecule has 3 heteroatoms. The highest BCUT2D eigenvalue weighted by atomic mass is 16.5. The lowest BCUT2D eigenvalue weighted by molar-refractivity contribution is 0.140. The first-order valence-corrected chi connectivity index (χ1v) is 6.14. The molecule has 0 aromatic heterocycles. The van der Waals surface area contributed by atoms with Crippen LogP contribution in [0.5, 0.6) is 0 Å². The first-order chi connectivity index (χ1) is 7.20. The quantitative estimate of drug-likeness (QED) is 0.779. The van der Waals surface area contributed by atoms with Gasteiger partial charge >= 0.3 is 6.09 Å². The number of alkyl carbamates (subject to hydrolysis) is 1. The van der Waals surface area contributed by atoms with Crippen molar-refractivity contribution in [3.05, 3.63) is 0 Å². The van der Waals surface area contributed by atoms with Crippen LogP contribution in [-0.2, 0) is 4.74 Å². The molecule has 2 aliphatic carbocycles. The van der Waals surface area contributed by atoms with Crippen LogP contribution in [0.1, 0.15) is 39.5 Å². The number of nitrogens with one attached hydrogen (secondary N) is 1. The second-order valence-electron chi connectivity index (χ2n) is 4.99. The Kier molecular flexibility index (Phi) is 3.17. The Bertz CT molecular complexity index is 242. The lowest BCUT2D eigenvalue weighted by atomic mass is 9.84. The van der Waals surface area contributed by atoms with Crippen LogP contribution in [0.15, 0.2) is 0 Å². The molecule has 0 aliphatic heterocycles. The predicted octanol–water partition coefficient (Wildman–Crippen LogP) is 2.56. The van der Waals surface area contributed by atoms with Crippen molar-refractivity contribution in [2.24, 2.45) is 17.8 Å². The van der Waals surface area contributed by atoms with E-state index in [0.717, 1.165) is 11.8 Å². The first-order valence-electron chi connectivity index (χ1n) is 6.14. The minimum atomic E-state index is -0.257. The van der Waals surface area contributed by atoms with Crippen LogP contribution in [0.2, 0.25) is 0 Å². The SMILES string of the molecule is CCOC(=O)N[C@H](C)[C@@H]1C[C@@H]2CC[C@@H]1C2. The molecule has 0 aromatic rings. The number of ether oxygens (including phenoxy) is 1. The monoisotopic (exact) mass is 211 g/mol. The van der Waals surface area contributed by atoms with Gasteiger partial charge < -0.3 is 10.1 Å². The molecule has 3 nitrogen and oxygen atoms in total. The molecule has 4 atom stereocenters. The van der Waals surface area contributed by atoms with Crippen molar-refractivity contribution >= 4 is 6.09 Å². The summed E-state index contributed by atoms with van der Waals surface area (Å²) in [6.45, 7) is 4.40. The molecule has 0 spiro atoms. The Balaban J connectivity index is 1.81. The zero-order valence-electron chi connectivity index (χ0n) is 9.66. The summed E-state index contributed by atoms with van der Waals surface area (Å²) in [6, 6.07) is 0.277. The van der Waals surface area contributed by atoms with Crippen LogP contribution < -0.4 is 5.32 Å². The normalized spacial score (nSPS) is 35.2. The van der Waals surface area contributed by atoms with Gasteiger partial charge in [-0.1, -0.05) is 6.42 Å². The standard InChI is InChI=1S/C12H21NO2/c1-3-15-12(14)13-8(2)11-7-9-4-5-10(11)6-9/h8-11H,3-7H2,1-2H3,(H,13,14)/t8-,9-,10-,11+/m1/s1. The molecule has 0 unspecified atom stereocenters. The minimum absolute atomic E-state index is 0.257. The largest absolute Gasteiger partial charge is 0.450 e. The zero-order valence-corrected chi connectivity index (χ0v) is 9.66. The Morgan fingerprint density at radius 2 is 2.27 bits per heavy atom. The zero-order chi connectivity index (χ0) is 10.8. The maximum Gasteiger partial charge on any atom is 0.407 e. The average Bonchev–Trinajstić information content (AvgIpc) is 2.78. The lowest BCUT2D eigenvalue weighted by Crippen LogP contribution is -2.40. The maximum absolute atomic E-state index is 11.3. The number of rotatable bonds is 3. The summed E-state index contributed by atoms with van der Waals surface area (Å²) < 4.78 is 4.90. The van der Waals surface area contributed by atoms with Gasteiger partial charge in [0.05, 0.1) is 6.61 Å². The Morgan fingerprint density at radius 3 is 2.80 bits per heavy atom. The van der Waals surface area contributed by atoms with E-state index in [1.54, 1.807) is 0 Å². The van der Waals surface area contributed by atoms with E-state index in [-0.39, 0.29) is 12.1 Å². The topological polar surface area (TPSA) is 38.3 Å². The second-order valence-corrected chi connectivity index (χ2v) is 4.99. The number of fused-ring (bicyclic) bond motifs is 2. The molecular weight excluding hydrogens is 190 g/mol. The van der Waals surface area contributed by atoms with Gasteiger partial charge in [-0.15, -0.1) is 0 Å². The highest BCUT2D eigenvalue weighted by Crippen LogP contribution is 2.49. The summed E-state index contributed by atoms with van der Waals surface area (Å²) in [6.07, 6.45) is 5.21. The molecule has 0 saturated heterocycles. The fraction of sp³-hybridized carbons (Fsp3) is 0.917. The van der Waals surface area contributed by atoms with Gasteiger partial charge in [0.25, 0.3) is 0 Å². The number of amides is 1. The van der Waals surface area contributed by atoms with E-state index in [2.05, 4.69) is 12.2 Å².